The number of nitrogens with zero attached hydrogens (tertiary/aromatic N) is 2. The Morgan fingerprint density at radius 2 is 1.78 bits per heavy atom. The molecule has 0 unspecified atom stereocenters. The molecule has 2 heterocycles. The summed E-state index contributed by atoms with van der Waals surface area (Å²) in [6.45, 7) is 6.78. The number of pyridine rings is 1. The summed E-state index contributed by atoms with van der Waals surface area (Å²) in [4.78, 5) is 45.8. The van der Waals surface area contributed by atoms with Crippen LogP contribution in [0.5, 0.6) is 5.75 Å². The molecular weight excluding hydrogens is 501 g/mol. The van der Waals surface area contributed by atoms with Crippen molar-refractivity contribution < 1.29 is 28.2 Å². The summed E-state index contributed by atoms with van der Waals surface area (Å²) in [5.74, 6) is -1.18. The maximum absolute atomic E-state index is 14.6. The van der Waals surface area contributed by atoms with E-state index in [4.69, 9.17) is 9.47 Å². The standard InChI is InChI=1S/C25H26FN5O5S/c1-13-9-17(26)16(21(32)30-20-8-7-15(11-27-20)35-14-5-6-14)10-18(13)29-22(33)19-12-28-23(37-19)31-24(34)36-25(2,3)4/h7-12,14H,5-6H2,1-4H3,(H,29,33)(H,27,30,32)(H,28,31,34). The Morgan fingerprint density at radius 1 is 1.03 bits per heavy atom. The van der Waals surface area contributed by atoms with E-state index >= 15 is 0 Å². The molecule has 1 saturated carbocycles. The molecule has 0 saturated heterocycles. The van der Waals surface area contributed by atoms with Crippen LogP contribution >= 0.6 is 11.3 Å². The minimum Gasteiger partial charge on any atom is -0.489 e. The molecule has 0 radical (unpaired) electrons. The molecule has 0 spiro atoms. The van der Waals surface area contributed by atoms with Crippen LogP contribution in [0.25, 0.3) is 0 Å². The monoisotopic (exact) mass is 527 g/mol. The van der Waals surface area contributed by atoms with Crippen LogP contribution < -0.4 is 20.7 Å². The second-order valence-electron chi connectivity index (χ2n) is 9.41. The molecule has 1 aliphatic rings. The maximum Gasteiger partial charge on any atom is 0.413 e. The Kier molecular flexibility index (Phi) is 7.39. The van der Waals surface area contributed by atoms with Gasteiger partial charge in [0.15, 0.2) is 5.13 Å². The fraction of sp³-hybridized carbons (Fsp3) is 0.320. The molecule has 37 heavy (non-hydrogen) atoms. The van der Waals surface area contributed by atoms with E-state index in [0.717, 1.165) is 30.2 Å². The molecule has 3 amide bonds. The van der Waals surface area contributed by atoms with Crippen molar-refractivity contribution in [1.29, 1.82) is 0 Å². The van der Waals surface area contributed by atoms with Crippen molar-refractivity contribution in [1.82, 2.24) is 9.97 Å². The molecule has 3 N–H and O–H groups in total. The minimum absolute atomic E-state index is 0.177. The van der Waals surface area contributed by atoms with Crippen molar-refractivity contribution >= 4 is 45.9 Å². The lowest BCUT2D eigenvalue weighted by Gasteiger charge is -2.18. The fourth-order valence-corrected chi connectivity index (χ4v) is 3.78. The van der Waals surface area contributed by atoms with Crippen molar-refractivity contribution in [3.63, 3.8) is 0 Å². The number of carbonyl (C=O) groups is 3. The fourth-order valence-electron chi connectivity index (χ4n) is 3.08. The Balaban J connectivity index is 1.42. The van der Waals surface area contributed by atoms with Gasteiger partial charge in [0, 0.05) is 5.69 Å². The third-order valence-corrected chi connectivity index (χ3v) is 5.86. The second kappa shape index (κ2) is 10.5. The molecule has 194 valence electrons. The van der Waals surface area contributed by atoms with E-state index in [2.05, 4.69) is 25.9 Å². The number of aryl methyl sites for hydroxylation is 1. The van der Waals surface area contributed by atoms with E-state index in [-0.39, 0.29) is 33.2 Å². The zero-order chi connectivity index (χ0) is 26.7. The van der Waals surface area contributed by atoms with Crippen LogP contribution in [0.3, 0.4) is 0 Å². The first-order valence-electron chi connectivity index (χ1n) is 11.5. The third-order valence-electron chi connectivity index (χ3n) is 4.95. The first-order chi connectivity index (χ1) is 17.5. The summed E-state index contributed by atoms with van der Waals surface area (Å²) in [6.07, 6.45) is 4.33. The molecule has 12 heteroatoms. The van der Waals surface area contributed by atoms with Crippen molar-refractivity contribution in [2.24, 2.45) is 0 Å². The highest BCUT2D eigenvalue weighted by Gasteiger charge is 2.24. The van der Waals surface area contributed by atoms with Crippen LogP contribution in [0.1, 0.15) is 59.2 Å². The van der Waals surface area contributed by atoms with E-state index in [1.165, 1.54) is 18.5 Å². The number of thiazole rings is 1. The second-order valence-corrected chi connectivity index (χ2v) is 10.4. The van der Waals surface area contributed by atoms with Gasteiger partial charge in [-0.25, -0.2) is 19.2 Å². The number of rotatable bonds is 7. The number of halogens is 1. The zero-order valence-electron chi connectivity index (χ0n) is 20.7. The number of carbonyl (C=O) groups excluding carboxylic acids is 3. The largest absolute Gasteiger partial charge is 0.489 e. The molecule has 10 nitrogen and oxygen atoms in total. The maximum atomic E-state index is 14.6. The Bertz CT molecular complexity index is 1330. The van der Waals surface area contributed by atoms with Crippen LogP contribution in [0.2, 0.25) is 0 Å². The van der Waals surface area contributed by atoms with Gasteiger partial charge in [0.1, 0.15) is 27.9 Å². The van der Waals surface area contributed by atoms with Crippen molar-refractivity contribution in [2.75, 3.05) is 16.0 Å². The van der Waals surface area contributed by atoms with E-state index < -0.39 is 29.3 Å². The van der Waals surface area contributed by atoms with Gasteiger partial charge in [-0.15, -0.1) is 0 Å². The summed E-state index contributed by atoms with van der Waals surface area (Å²) in [7, 11) is 0. The van der Waals surface area contributed by atoms with Crippen LogP contribution in [-0.4, -0.2) is 39.6 Å². The van der Waals surface area contributed by atoms with Gasteiger partial charge in [0.25, 0.3) is 11.8 Å². The lowest BCUT2D eigenvalue weighted by atomic mass is 10.1. The molecule has 0 bridgehead atoms. The summed E-state index contributed by atoms with van der Waals surface area (Å²) >= 11 is 0.937. The smallest absolute Gasteiger partial charge is 0.413 e. The van der Waals surface area contributed by atoms with Gasteiger partial charge in [-0.05, 0) is 70.4 Å². The quantitative estimate of drug-likeness (QED) is 0.376. The number of hydrogen-bond acceptors (Lipinski definition) is 8. The van der Waals surface area contributed by atoms with Gasteiger partial charge < -0.3 is 20.1 Å². The first kappa shape index (κ1) is 26.0. The van der Waals surface area contributed by atoms with Crippen LogP contribution in [-0.2, 0) is 4.74 Å². The topological polar surface area (TPSA) is 132 Å². The molecule has 3 aromatic rings. The number of anilines is 3. The molecule has 1 aromatic carbocycles. The van der Waals surface area contributed by atoms with Crippen LogP contribution in [0, 0.1) is 12.7 Å². The summed E-state index contributed by atoms with van der Waals surface area (Å²) < 4.78 is 25.4. The third kappa shape index (κ3) is 7.23. The average molecular weight is 528 g/mol. The van der Waals surface area contributed by atoms with Crippen molar-refractivity contribution in [3.05, 3.63) is 58.5 Å². The van der Waals surface area contributed by atoms with Crippen molar-refractivity contribution in [3.8, 4) is 5.75 Å². The van der Waals surface area contributed by atoms with Gasteiger partial charge in [-0.1, -0.05) is 11.3 Å². The Morgan fingerprint density at radius 3 is 2.43 bits per heavy atom. The predicted octanol–water partition coefficient (Wildman–Crippen LogP) is 5.38. The number of hydrogen-bond donors (Lipinski definition) is 3. The first-order valence-corrected chi connectivity index (χ1v) is 12.3. The molecule has 0 aliphatic heterocycles. The average Bonchev–Trinajstić information content (AvgIpc) is 3.50. The van der Waals surface area contributed by atoms with Gasteiger partial charge in [0.2, 0.25) is 0 Å². The molecule has 0 atom stereocenters. The van der Waals surface area contributed by atoms with E-state index in [1.54, 1.807) is 39.8 Å². The zero-order valence-corrected chi connectivity index (χ0v) is 21.5. The highest BCUT2D eigenvalue weighted by molar-refractivity contribution is 7.17. The Labute approximate surface area is 216 Å². The lowest BCUT2D eigenvalue weighted by Crippen LogP contribution is -2.27. The highest BCUT2D eigenvalue weighted by Crippen LogP contribution is 2.27. The normalized spacial score (nSPS) is 13.0. The number of aromatic nitrogens is 2. The van der Waals surface area contributed by atoms with E-state index in [9.17, 15) is 18.8 Å². The van der Waals surface area contributed by atoms with Gasteiger partial charge in [0.05, 0.1) is 24.1 Å². The Hall–Kier alpha value is -4.06. The number of ether oxygens (including phenoxy) is 2. The molecular formula is C25H26FN5O5S. The van der Waals surface area contributed by atoms with Crippen LogP contribution in [0.4, 0.5) is 25.8 Å². The SMILES string of the molecule is Cc1cc(F)c(C(=O)Nc2ccc(OC3CC3)cn2)cc1NC(=O)c1cnc(NC(=O)OC(C)(C)C)s1. The van der Waals surface area contributed by atoms with E-state index in [1.807, 2.05) is 0 Å². The molecule has 1 fully saturated rings. The van der Waals surface area contributed by atoms with Gasteiger partial charge >= 0.3 is 6.09 Å². The van der Waals surface area contributed by atoms with Crippen LogP contribution in [0.15, 0.2) is 36.7 Å². The summed E-state index contributed by atoms with van der Waals surface area (Å²) in [6, 6.07) is 5.66. The molecule has 2 aromatic heterocycles. The minimum atomic E-state index is -0.747. The number of amides is 3. The summed E-state index contributed by atoms with van der Waals surface area (Å²) in [5.41, 5.74) is -0.292. The molecule has 4 rings (SSSR count). The number of benzene rings is 1. The van der Waals surface area contributed by atoms with Gasteiger partial charge in [-0.3, -0.25) is 14.9 Å². The summed E-state index contributed by atoms with van der Waals surface area (Å²) in [5, 5.41) is 7.85. The van der Waals surface area contributed by atoms with E-state index in [0.29, 0.717) is 11.3 Å². The van der Waals surface area contributed by atoms with Crippen molar-refractivity contribution in [2.45, 2.75) is 52.2 Å². The molecule has 1 aliphatic carbocycles. The number of nitrogens with one attached hydrogen (secondary N) is 3. The predicted molar refractivity (Wildman–Crippen MR) is 137 cm³/mol. The lowest BCUT2D eigenvalue weighted by molar-refractivity contribution is 0.0635. The highest BCUT2D eigenvalue weighted by atomic mass is 32.1. The van der Waals surface area contributed by atoms with Gasteiger partial charge in [-0.2, -0.15) is 0 Å².